The molecule has 0 aromatic rings. The van der Waals surface area contributed by atoms with Crippen molar-refractivity contribution in [1.82, 2.24) is 0 Å². The van der Waals surface area contributed by atoms with Crippen LogP contribution in [0.5, 0.6) is 0 Å². The molecule has 0 radical (unpaired) electrons. The van der Waals surface area contributed by atoms with Crippen LogP contribution in [0, 0.1) is 0 Å². The summed E-state index contributed by atoms with van der Waals surface area (Å²) in [5, 5.41) is 0. The minimum Gasteiger partial charge on any atom is -0.303 e. The van der Waals surface area contributed by atoms with Gasteiger partial charge in [-0.2, -0.15) is 0 Å². The number of hydrogen-bond acceptors (Lipinski definition) is 1. The van der Waals surface area contributed by atoms with Crippen molar-refractivity contribution in [3.8, 4) is 0 Å². The third-order valence-corrected chi connectivity index (χ3v) is 0.821. The molecule has 0 saturated carbocycles. The summed E-state index contributed by atoms with van der Waals surface area (Å²) in [5.41, 5.74) is 0. The standard InChI is InChI=1S/C6H12O/c1-2-3-4-5-6-7/h6H,2-5H2,1H3/i5D. The maximum absolute atomic E-state index is 9.82. The van der Waals surface area contributed by atoms with Crippen LogP contribution in [0.2, 0.25) is 0 Å². The number of aldehydes is 1. The van der Waals surface area contributed by atoms with Gasteiger partial charge in [0.25, 0.3) is 0 Å². The van der Waals surface area contributed by atoms with Gasteiger partial charge in [-0.3, -0.25) is 0 Å². The van der Waals surface area contributed by atoms with Gasteiger partial charge in [-0.05, 0) is 6.42 Å². The Morgan fingerprint density at radius 3 is 2.86 bits per heavy atom. The first-order chi connectivity index (χ1) is 3.81. The maximum atomic E-state index is 9.82. The lowest BCUT2D eigenvalue weighted by molar-refractivity contribution is -0.107. The fraction of sp³-hybridized carbons (Fsp3) is 0.833. The predicted molar refractivity (Wildman–Crippen MR) is 30.2 cm³/mol. The van der Waals surface area contributed by atoms with Crippen molar-refractivity contribution in [2.75, 3.05) is 0 Å². The van der Waals surface area contributed by atoms with Gasteiger partial charge in [0.2, 0.25) is 0 Å². The van der Waals surface area contributed by atoms with E-state index in [0.29, 0.717) is 6.29 Å². The van der Waals surface area contributed by atoms with E-state index >= 15 is 0 Å². The molecule has 0 fully saturated rings. The Labute approximate surface area is 46.1 Å². The quantitative estimate of drug-likeness (QED) is 0.493. The van der Waals surface area contributed by atoms with Crippen molar-refractivity contribution >= 4 is 6.29 Å². The van der Waals surface area contributed by atoms with Gasteiger partial charge >= 0.3 is 0 Å². The molecule has 0 spiro atoms. The van der Waals surface area contributed by atoms with Gasteiger partial charge in [0, 0.05) is 7.77 Å². The summed E-state index contributed by atoms with van der Waals surface area (Å²) in [5.74, 6) is 0. The van der Waals surface area contributed by atoms with Crippen molar-refractivity contribution in [2.45, 2.75) is 32.6 Å². The van der Waals surface area contributed by atoms with Gasteiger partial charge in [-0.15, -0.1) is 0 Å². The van der Waals surface area contributed by atoms with Crippen molar-refractivity contribution in [3.63, 3.8) is 0 Å². The van der Waals surface area contributed by atoms with E-state index in [1.165, 1.54) is 0 Å². The average Bonchev–Trinajstić information content (AvgIpc) is 1.83. The molecule has 7 heavy (non-hydrogen) atoms. The van der Waals surface area contributed by atoms with Gasteiger partial charge in [0.05, 0.1) is 0 Å². The first kappa shape index (κ1) is 4.82. The maximum Gasteiger partial charge on any atom is 0.119 e. The third-order valence-electron chi connectivity index (χ3n) is 0.821. The highest BCUT2D eigenvalue weighted by atomic mass is 16.1. The van der Waals surface area contributed by atoms with Crippen LogP contribution in [-0.2, 0) is 4.79 Å². The van der Waals surface area contributed by atoms with Gasteiger partial charge in [0.1, 0.15) is 6.29 Å². The summed E-state index contributed by atoms with van der Waals surface area (Å²) < 4.78 is 6.96. The van der Waals surface area contributed by atoms with Gasteiger partial charge in [-0.1, -0.05) is 19.8 Å². The summed E-state index contributed by atoms with van der Waals surface area (Å²) >= 11 is 0. The van der Waals surface area contributed by atoms with E-state index < -0.39 is 6.40 Å². The van der Waals surface area contributed by atoms with E-state index in [9.17, 15) is 4.79 Å². The average molecular weight is 101 g/mol. The largest absolute Gasteiger partial charge is 0.303 e. The molecule has 0 aromatic heterocycles. The Kier molecular flexibility index (Phi) is 3.90. The fourth-order valence-electron chi connectivity index (χ4n) is 0.390. The van der Waals surface area contributed by atoms with Crippen LogP contribution in [0.1, 0.15) is 34.0 Å². The predicted octanol–water partition coefficient (Wildman–Crippen LogP) is 1.77. The molecule has 1 unspecified atom stereocenters. The second-order valence-electron chi connectivity index (χ2n) is 1.51. The molecular weight excluding hydrogens is 88.1 g/mol. The second-order valence-corrected chi connectivity index (χ2v) is 1.51. The molecule has 0 aromatic carbocycles. The molecule has 1 heteroatoms. The van der Waals surface area contributed by atoms with Crippen molar-refractivity contribution in [1.29, 1.82) is 0 Å². The zero-order valence-corrected chi connectivity index (χ0v) is 4.68. The topological polar surface area (TPSA) is 17.1 Å². The van der Waals surface area contributed by atoms with Crippen LogP contribution in [-0.4, -0.2) is 6.29 Å². The Hall–Kier alpha value is -0.330. The molecular formula is C6H12O. The highest BCUT2D eigenvalue weighted by molar-refractivity contribution is 5.48. The molecule has 0 aliphatic rings. The Morgan fingerprint density at radius 1 is 1.71 bits per heavy atom. The van der Waals surface area contributed by atoms with E-state index in [0.717, 1.165) is 19.3 Å². The lowest BCUT2D eigenvalue weighted by atomic mass is 10.2. The van der Waals surface area contributed by atoms with Crippen molar-refractivity contribution in [3.05, 3.63) is 0 Å². The van der Waals surface area contributed by atoms with Crippen LogP contribution in [0.25, 0.3) is 0 Å². The summed E-state index contributed by atoms with van der Waals surface area (Å²) in [6, 6.07) is 0. The summed E-state index contributed by atoms with van der Waals surface area (Å²) in [4.78, 5) is 9.82. The molecule has 0 aliphatic carbocycles. The highest BCUT2D eigenvalue weighted by Gasteiger charge is 1.80. The van der Waals surface area contributed by atoms with E-state index in [1.54, 1.807) is 0 Å². The minimum atomic E-state index is -0.477. The summed E-state index contributed by atoms with van der Waals surface area (Å²) in [6.45, 7) is 2.05. The first-order valence-corrected chi connectivity index (χ1v) is 2.68. The normalized spacial score (nSPS) is 15.3. The lowest BCUT2D eigenvalue weighted by Crippen LogP contribution is -1.73. The van der Waals surface area contributed by atoms with Crippen LogP contribution >= 0.6 is 0 Å². The van der Waals surface area contributed by atoms with E-state index in [4.69, 9.17) is 1.37 Å². The zero-order valence-electron chi connectivity index (χ0n) is 5.68. The molecule has 0 bridgehead atoms. The van der Waals surface area contributed by atoms with Gasteiger partial charge in [0.15, 0.2) is 0 Å². The SMILES string of the molecule is [2H]C(C=O)CCCC. The molecule has 0 saturated heterocycles. The number of unbranched alkanes of at least 4 members (excludes halogenated alkanes) is 1. The minimum absolute atomic E-state index is 0.477. The molecule has 0 amide bonds. The first-order valence-electron chi connectivity index (χ1n) is 3.26. The van der Waals surface area contributed by atoms with Gasteiger partial charge < -0.3 is 4.79 Å². The van der Waals surface area contributed by atoms with Crippen LogP contribution in [0.15, 0.2) is 0 Å². The monoisotopic (exact) mass is 101 g/mol. The Morgan fingerprint density at radius 2 is 2.43 bits per heavy atom. The lowest BCUT2D eigenvalue weighted by Gasteiger charge is -1.85. The molecule has 1 atom stereocenters. The van der Waals surface area contributed by atoms with Crippen LogP contribution in [0.4, 0.5) is 0 Å². The molecule has 0 heterocycles. The highest BCUT2D eigenvalue weighted by Crippen LogP contribution is 1.94. The second kappa shape index (κ2) is 5.67. The van der Waals surface area contributed by atoms with E-state index in [2.05, 4.69) is 6.92 Å². The molecule has 0 N–H and O–H groups in total. The van der Waals surface area contributed by atoms with Crippen molar-refractivity contribution in [2.24, 2.45) is 0 Å². The van der Waals surface area contributed by atoms with E-state index in [1.807, 2.05) is 0 Å². The smallest absolute Gasteiger partial charge is 0.119 e. The van der Waals surface area contributed by atoms with Crippen LogP contribution in [0.3, 0.4) is 0 Å². The Balaban J connectivity index is 2.98. The third kappa shape index (κ3) is 5.67. The molecule has 42 valence electrons. The fourth-order valence-corrected chi connectivity index (χ4v) is 0.390. The summed E-state index contributed by atoms with van der Waals surface area (Å²) in [7, 11) is 0. The molecule has 0 aliphatic heterocycles. The van der Waals surface area contributed by atoms with Crippen molar-refractivity contribution < 1.29 is 6.17 Å². The zero-order chi connectivity index (χ0) is 6.41. The summed E-state index contributed by atoms with van der Waals surface area (Å²) in [6.07, 6.45) is 3.00. The number of hydrogen-bond donors (Lipinski definition) is 0. The van der Waals surface area contributed by atoms with Crippen LogP contribution < -0.4 is 0 Å². The number of carbonyl (C=O) groups is 1. The molecule has 0 rings (SSSR count). The number of carbonyl (C=O) groups excluding carboxylic acids is 1. The Bertz CT molecular complexity index is 63.5. The number of rotatable bonds is 4. The van der Waals surface area contributed by atoms with Gasteiger partial charge in [-0.25, -0.2) is 0 Å². The molecule has 1 nitrogen and oxygen atoms in total. The van der Waals surface area contributed by atoms with E-state index in [-0.39, 0.29) is 0 Å².